The number of alkyl halides is 3. The van der Waals surface area contributed by atoms with E-state index in [1.807, 2.05) is 0 Å². The summed E-state index contributed by atoms with van der Waals surface area (Å²) < 4.78 is 38.2. The summed E-state index contributed by atoms with van der Waals surface area (Å²) in [5.74, 6) is -0.646. The van der Waals surface area contributed by atoms with Crippen molar-refractivity contribution in [2.24, 2.45) is 5.92 Å². The van der Waals surface area contributed by atoms with E-state index >= 15 is 0 Å². The minimum atomic E-state index is -4.52. The van der Waals surface area contributed by atoms with Gasteiger partial charge in [-0.1, -0.05) is 6.92 Å². The number of nitrogen functional groups attached to an aromatic ring is 1. The molecule has 0 bridgehead atoms. The molecule has 0 saturated carbocycles. The van der Waals surface area contributed by atoms with Crippen LogP contribution < -0.4 is 5.73 Å². The summed E-state index contributed by atoms with van der Waals surface area (Å²) in [4.78, 5) is 13.8. The summed E-state index contributed by atoms with van der Waals surface area (Å²) >= 11 is 0. The van der Waals surface area contributed by atoms with Crippen molar-refractivity contribution in [3.63, 3.8) is 0 Å². The van der Waals surface area contributed by atoms with Crippen LogP contribution in [-0.2, 0) is 6.18 Å². The maximum atomic E-state index is 12.7. The van der Waals surface area contributed by atoms with Crippen molar-refractivity contribution in [1.82, 2.24) is 4.90 Å². The van der Waals surface area contributed by atoms with E-state index in [1.54, 1.807) is 6.92 Å². The van der Waals surface area contributed by atoms with Gasteiger partial charge in [0, 0.05) is 18.8 Å². The van der Waals surface area contributed by atoms with Crippen LogP contribution in [0.3, 0.4) is 0 Å². The monoisotopic (exact) mass is 302 g/mol. The first-order valence-corrected chi connectivity index (χ1v) is 6.64. The highest BCUT2D eigenvalue weighted by atomic mass is 19.4. The van der Waals surface area contributed by atoms with Crippen molar-refractivity contribution in [2.45, 2.75) is 25.6 Å². The van der Waals surface area contributed by atoms with Gasteiger partial charge in [-0.05, 0) is 30.5 Å². The van der Waals surface area contributed by atoms with E-state index in [-0.39, 0.29) is 17.2 Å². The number of aliphatic hydroxyl groups excluding tert-OH is 1. The molecule has 7 heteroatoms. The van der Waals surface area contributed by atoms with Crippen LogP contribution in [0.4, 0.5) is 18.9 Å². The van der Waals surface area contributed by atoms with Crippen LogP contribution in [0, 0.1) is 5.92 Å². The number of hydrogen-bond donors (Lipinski definition) is 2. The van der Waals surface area contributed by atoms with Gasteiger partial charge in [0.15, 0.2) is 0 Å². The second-order valence-electron chi connectivity index (χ2n) is 5.38. The molecule has 116 valence electrons. The summed E-state index contributed by atoms with van der Waals surface area (Å²) in [7, 11) is 0. The standard InChI is InChI=1S/C14H17F3N2O2/c1-8-7-19(5-4-12(8)20)13(21)10-6-9(14(15,16)17)2-3-11(10)18/h2-3,6,8,12,20H,4-5,7,18H2,1H3. The molecule has 2 rings (SSSR count). The molecular formula is C14H17F3N2O2. The van der Waals surface area contributed by atoms with Gasteiger partial charge in [0.05, 0.1) is 17.2 Å². The van der Waals surface area contributed by atoms with E-state index in [1.165, 1.54) is 4.90 Å². The highest BCUT2D eigenvalue weighted by Crippen LogP contribution is 2.32. The van der Waals surface area contributed by atoms with Gasteiger partial charge in [0.1, 0.15) is 0 Å². The minimum Gasteiger partial charge on any atom is -0.398 e. The van der Waals surface area contributed by atoms with Gasteiger partial charge in [-0.25, -0.2) is 0 Å². The van der Waals surface area contributed by atoms with Crippen molar-refractivity contribution >= 4 is 11.6 Å². The van der Waals surface area contributed by atoms with Gasteiger partial charge in [-0.2, -0.15) is 13.2 Å². The molecule has 1 saturated heterocycles. The molecule has 2 atom stereocenters. The average Bonchev–Trinajstić information content (AvgIpc) is 2.40. The number of likely N-dealkylation sites (tertiary alicyclic amines) is 1. The third-order valence-corrected chi connectivity index (χ3v) is 3.76. The Balaban J connectivity index is 2.27. The molecule has 1 amide bonds. The first-order chi connectivity index (χ1) is 9.70. The molecule has 0 radical (unpaired) electrons. The number of anilines is 1. The second kappa shape index (κ2) is 5.55. The lowest BCUT2D eigenvalue weighted by molar-refractivity contribution is -0.137. The first kappa shape index (κ1) is 15.6. The van der Waals surface area contributed by atoms with Crippen LogP contribution in [0.1, 0.15) is 29.3 Å². The van der Waals surface area contributed by atoms with E-state index in [2.05, 4.69) is 0 Å². The van der Waals surface area contributed by atoms with E-state index in [0.29, 0.717) is 19.5 Å². The predicted octanol–water partition coefficient (Wildman–Crippen LogP) is 2.13. The Hall–Kier alpha value is -1.76. The Morgan fingerprint density at radius 3 is 2.67 bits per heavy atom. The number of rotatable bonds is 1. The molecule has 0 aliphatic carbocycles. The van der Waals surface area contributed by atoms with Crippen molar-refractivity contribution < 1.29 is 23.1 Å². The Bertz CT molecular complexity index is 546. The lowest BCUT2D eigenvalue weighted by Gasteiger charge is -2.34. The van der Waals surface area contributed by atoms with Gasteiger partial charge in [0.2, 0.25) is 0 Å². The third-order valence-electron chi connectivity index (χ3n) is 3.76. The SMILES string of the molecule is CC1CN(C(=O)c2cc(C(F)(F)F)ccc2N)CCC1O. The van der Waals surface area contributed by atoms with Crippen LogP contribution in [0.25, 0.3) is 0 Å². The zero-order valence-corrected chi connectivity index (χ0v) is 11.5. The summed E-state index contributed by atoms with van der Waals surface area (Å²) in [6, 6.07) is 2.74. The molecule has 0 spiro atoms. The molecule has 1 aromatic carbocycles. The lowest BCUT2D eigenvalue weighted by Crippen LogP contribution is -2.45. The van der Waals surface area contributed by atoms with Crippen LogP contribution >= 0.6 is 0 Å². The number of hydrogen-bond acceptors (Lipinski definition) is 3. The minimum absolute atomic E-state index is 0.0202. The highest BCUT2D eigenvalue weighted by Gasteiger charge is 2.33. The van der Waals surface area contributed by atoms with Crippen LogP contribution in [0.5, 0.6) is 0 Å². The van der Waals surface area contributed by atoms with Crippen molar-refractivity contribution in [3.8, 4) is 0 Å². The average molecular weight is 302 g/mol. The van der Waals surface area contributed by atoms with Crippen molar-refractivity contribution in [2.75, 3.05) is 18.8 Å². The summed E-state index contributed by atoms with van der Waals surface area (Å²) in [5, 5.41) is 9.64. The maximum Gasteiger partial charge on any atom is 0.416 e. The first-order valence-electron chi connectivity index (χ1n) is 6.64. The van der Waals surface area contributed by atoms with Crippen molar-refractivity contribution in [1.29, 1.82) is 0 Å². The third kappa shape index (κ3) is 3.29. The van der Waals surface area contributed by atoms with Gasteiger partial charge >= 0.3 is 6.18 Å². The number of halogens is 3. The molecule has 1 heterocycles. The van der Waals surface area contributed by atoms with E-state index in [9.17, 15) is 23.1 Å². The fourth-order valence-corrected chi connectivity index (χ4v) is 2.41. The number of aliphatic hydroxyl groups is 1. The Morgan fingerprint density at radius 1 is 1.43 bits per heavy atom. The highest BCUT2D eigenvalue weighted by molar-refractivity contribution is 5.99. The van der Waals surface area contributed by atoms with E-state index < -0.39 is 23.8 Å². The van der Waals surface area contributed by atoms with Gasteiger partial charge in [0.25, 0.3) is 5.91 Å². The van der Waals surface area contributed by atoms with E-state index in [4.69, 9.17) is 5.73 Å². The number of amides is 1. The number of carbonyl (C=O) groups excluding carboxylic acids is 1. The van der Waals surface area contributed by atoms with Gasteiger partial charge in [-0.3, -0.25) is 4.79 Å². The molecule has 21 heavy (non-hydrogen) atoms. The number of carbonyl (C=O) groups is 1. The van der Waals surface area contributed by atoms with Crippen LogP contribution in [0.2, 0.25) is 0 Å². The number of piperidine rings is 1. The quantitative estimate of drug-likeness (QED) is 0.781. The largest absolute Gasteiger partial charge is 0.416 e. The molecule has 1 aromatic rings. The smallest absolute Gasteiger partial charge is 0.398 e. The van der Waals surface area contributed by atoms with Gasteiger partial charge in [-0.15, -0.1) is 0 Å². The van der Waals surface area contributed by atoms with Gasteiger partial charge < -0.3 is 15.7 Å². The predicted molar refractivity (Wildman–Crippen MR) is 71.5 cm³/mol. The normalized spacial score (nSPS) is 23.2. The van der Waals surface area contributed by atoms with Crippen LogP contribution in [-0.4, -0.2) is 35.1 Å². The Kier molecular flexibility index (Phi) is 4.13. The molecular weight excluding hydrogens is 285 g/mol. The fourth-order valence-electron chi connectivity index (χ4n) is 2.41. The Labute approximate surface area is 120 Å². The second-order valence-corrected chi connectivity index (χ2v) is 5.38. The topological polar surface area (TPSA) is 66.6 Å². The molecule has 0 aromatic heterocycles. The summed E-state index contributed by atoms with van der Waals surface area (Å²) in [5.41, 5.74) is 4.62. The molecule has 3 N–H and O–H groups in total. The summed E-state index contributed by atoms with van der Waals surface area (Å²) in [6.07, 6.45) is -4.60. The zero-order chi connectivity index (χ0) is 15.8. The number of nitrogens with two attached hydrogens (primary N) is 1. The summed E-state index contributed by atoms with van der Waals surface area (Å²) in [6.45, 7) is 2.40. The Morgan fingerprint density at radius 2 is 2.10 bits per heavy atom. The lowest BCUT2D eigenvalue weighted by atomic mass is 9.96. The molecule has 1 fully saturated rings. The molecule has 1 aliphatic rings. The van der Waals surface area contributed by atoms with Crippen LogP contribution in [0.15, 0.2) is 18.2 Å². The maximum absolute atomic E-state index is 12.7. The zero-order valence-electron chi connectivity index (χ0n) is 11.5. The van der Waals surface area contributed by atoms with E-state index in [0.717, 1.165) is 18.2 Å². The number of nitrogens with zero attached hydrogens (tertiary/aromatic N) is 1. The molecule has 2 unspecified atom stereocenters. The fraction of sp³-hybridized carbons (Fsp3) is 0.500. The number of benzene rings is 1. The molecule has 1 aliphatic heterocycles. The van der Waals surface area contributed by atoms with Crippen molar-refractivity contribution in [3.05, 3.63) is 29.3 Å². The molecule has 4 nitrogen and oxygen atoms in total.